The minimum atomic E-state index is -0.845. The number of allylic oxidation sites excluding steroid dienone is 5. The average molecular weight is 220 g/mol. The number of rotatable bonds is 6. The van der Waals surface area contributed by atoms with Gasteiger partial charge >= 0.3 is 0 Å². The summed E-state index contributed by atoms with van der Waals surface area (Å²) in [4.78, 5) is 0. The molecule has 3 N–H and O–H groups in total. The van der Waals surface area contributed by atoms with Crippen LogP contribution in [-0.2, 0) is 0 Å². The Kier molecular flexibility index (Phi) is 7.28. The molecule has 0 radical (unpaired) electrons. The zero-order valence-corrected chi connectivity index (χ0v) is 8.95. The van der Waals surface area contributed by atoms with Crippen LogP contribution in [0.15, 0.2) is 73.3 Å². The van der Waals surface area contributed by atoms with Gasteiger partial charge in [-0.1, -0.05) is 37.5 Å². The predicted molar refractivity (Wildman–Crippen MR) is 66.1 cm³/mol. The molecule has 0 aromatic heterocycles. The van der Waals surface area contributed by atoms with Gasteiger partial charge in [0.25, 0.3) is 0 Å². The van der Waals surface area contributed by atoms with Gasteiger partial charge in [0.15, 0.2) is 0 Å². The van der Waals surface area contributed by atoms with E-state index in [0.717, 1.165) is 6.26 Å². The quantitative estimate of drug-likeness (QED) is 0.476. The Labute approximate surface area is 95.4 Å². The van der Waals surface area contributed by atoms with Crippen LogP contribution in [0.4, 0.5) is 0 Å². The normalized spacial score (nSPS) is 15.6. The Morgan fingerprint density at radius 2 is 1.75 bits per heavy atom. The molecule has 0 saturated carbocycles. The van der Waals surface area contributed by atoms with Gasteiger partial charge in [0.1, 0.15) is 5.76 Å². The van der Waals surface area contributed by atoms with Crippen molar-refractivity contribution in [3.8, 4) is 0 Å². The average Bonchev–Trinajstić information content (AvgIpc) is 2.29. The largest absolute Gasteiger partial charge is 0.516 e. The Morgan fingerprint density at radius 1 is 1.06 bits per heavy atom. The minimum absolute atomic E-state index is 0.0165. The topological polar surface area (TPSA) is 60.7 Å². The lowest BCUT2D eigenvalue weighted by Gasteiger charge is -2.04. The highest BCUT2D eigenvalue weighted by molar-refractivity contribution is 5.30. The van der Waals surface area contributed by atoms with Crippen molar-refractivity contribution >= 4 is 0 Å². The standard InChI is InChI=1S/C13H16O3/c1-3-11(7-6-10-14)13(16)9-5-8-12(15)4-2/h3-10,13-16H,1-2H2/b9-5+,10-6+,11-7+,12-8+. The van der Waals surface area contributed by atoms with Crippen LogP contribution in [-0.4, -0.2) is 21.4 Å². The maximum atomic E-state index is 9.64. The second kappa shape index (κ2) is 8.32. The molecule has 0 saturated heterocycles. The molecule has 1 unspecified atom stereocenters. The third-order valence-corrected chi connectivity index (χ3v) is 1.72. The van der Waals surface area contributed by atoms with Gasteiger partial charge in [0.05, 0.1) is 12.4 Å². The molecule has 0 amide bonds. The summed E-state index contributed by atoms with van der Waals surface area (Å²) < 4.78 is 0. The van der Waals surface area contributed by atoms with E-state index in [1.165, 1.54) is 42.5 Å². The van der Waals surface area contributed by atoms with Crippen LogP contribution >= 0.6 is 0 Å². The summed E-state index contributed by atoms with van der Waals surface area (Å²) in [6.45, 7) is 6.91. The first-order chi connectivity index (χ1) is 7.65. The Morgan fingerprint density at radius 3 is 2.25 bits per heavy atom. The molecule has 3 nitrogen and oxygen atoms in total. The fraction of sp³-hybridized carbons (Fsp3) is 0.0769. The number of hydrogen-bond acceptors (Lipinski definition) is 3. The summed E-state index contributed by atoms with van der Waals surface area (Å²) >= 11 is 0. The molecular weight excluding hydrogens is 204 g/mol. The third kappa shape index (κ3) is 5.67. The lowest BCUT2D eigenvalue weighted by molar-refractivity contribution is 0.263. The molecule has 16 heavy (non-hydrogen) atoms. The van der Waals surface area contributed by atoms with Crippen molar-refractivity contribution in [2.75, 3.05) is 0 Å². The van der Waals surface area contributed by atoms with Crippen molar-refractivity contribution in [3.05, 3.63) is 73.3 Å². The Bertz CT molecular complexity index is 346. The summed E-state index contributed by atoms with van der Waals surface area (Å²) in [6.07, 6.45) is 10.1. The van der Waals surface area contributed by atoms with E-state index in [0.29, 0.717) is 5.57 Å². The van der Waals surface area contributed by atoms with Crippen molar-refractivity contribution in [2.45, 2.75) is 6.10 Å². The second-order valence-corrected chi connectivity index (χ2v) is 2.84. The highest BCUT2D eigenvalue weighted by atomic mass is 16.3. The molecule has 0 fully saturated rings. The van der Waals surface area contributed by atoms with E-state index in [4.69, 9.17) is 10.2 Å². The molecule has 0 rings (SSSR count). The second-order valence-electron chi connectivity index (χ2n) is 2.84. The van der Waals surface area contributed by atoms with Crippen LogP contribution in [0, 0.1) is 0 Å². The van der Waals surface area contributed by atoms with Gasteiger partial charge in [0, 0.05) is 0 Å². The first kappa shape index (κ1) is 14.0. The summed E-state index contributed by atoms with van der Waals surface area (Å²) in [5.41, 5.74) is 0.535. The van der Waals surface area contributed by atoms with Gasteiger partial charge in [-0.3, -0.25) is 0 Å². The van der Waals surface area contributed by atoms with E-state index < -0.39 is 6.10 Å². The van der Waals surface area contributed by atoms with Crippen LogP contribution in [0.25, 0.3) is 0 Å². The molecule has 0 aromatic carbocycles. The fourth-order valence-corrected chi connectivity index (χ4v) is 0.880. The van der Waals surface area contributed by atoms with E-state index in [1.54, 1.807) is 0 Å². The molecule has 1 atom stereocenters. The van der Waals surface area contributed by atoms with E-state index >= 15 is 0 Å². The molecule has 0 aromatic rings. The summed E-state index contributed by atoms with van der Waals surface area (Å²) in [5.74, 6) is 0.0165. The number of hydrogen-bond donors (Lipinski definition) is 3. The van der Waals surface area contributed by atoms with E-state index in [1.807, 2.05) is 0 Å². The molecule has 0 aliphatic rings. The van der Waals surface area contributed by atoms with Crippen LogP contribution < -0.4 is 0 Å². The van der Waals surface area contributed by atoms with Crippen molar-refractivity contribution < 1.29 is 15.3 Å². The molecule has 0 aliphatic carbocycles. The third-order valence-electron chi connectivity index (χ3n) is 1.72. The monoisotopic (exact) mass is 220 g/mol. The first-order valence-electron chi connectivity index (χ1n) is 4.67. The summed E-state index contributed by atoms with van der Waals surface area (Å²) in [7, 11) is 0. The zero-order chi connectivity index (χ0) is 12.4. The smallest absolute Gasteiger partial charge is 0.114 e. The van der Waals surface area contributed by atoms with Crippen molar-refractivity contribution in [1.82, 2.24) is 0 Å². The van der Waals surface area contributed by atoms with Gasteiger partial charge in [-0.15, -0.1) is 0 Å². The van der Waals surface area contributed by atoms with Crippen LogP contribution in [0.5, 0.6) is 0 Å². The molecule has 0 spiro atoms. The van der Waals surface area contributed by atoms with Gasteiger partial charge in [-0.05, 0) is 23.8 Å². The highest BCUT2D eigenvalue weighted by Gasteiger charge is 2.00. The first-order valence-corrected chi connectivity index (χ1v) is 4.67. The lowest BCUT2D eigenvalue weighted by Crippen LogP contribution is -2.03. The SMILES string of the molecule is C=C/C(O)=C\C=C\C(O)/C(C=C)=C/C=C/O. The van der Waals surface area contributed by atoms with Gasteiger partial charge < -0.3 is 15.3 Å². The molecule has 0 heterocycles. The Balaban J connectivity index is 4.60. The van der Waals surface area contributed by atoms with E-state index in [9.17, 15) is 5.11 Å². The van der Waals surface area contributed by atoms with Crippen LogP contribution in [0.3, 0.4) is 0 Å². The molecule has 0 bridgehead atoms. The van der Waals surface area contributed by atoms with Crippen molar-refractivity contribution in [3.63, 3.8) is 0 Å². The lowest BCUT2D eigenvalue weighted by atomic mass is 10.1. The van der Waals surface area contributed by atoms with Gasteiger partial charge in [-0.2, -0.15) is 0 Å². The highest BCUT2D eigenvalue weighted by Crippen LogP contribution is 2.06. The summed E-state index contributed by atoms with van der Waals surface area (Å²) in [5, 5.41) is 27.1. The van der Waals surface area contributed by atoms with Crippen molar-refractivity contribution in [1.29, 1.82) is 0 Å². The maximum absolute atomic E-state index is 9.64. The maximum Gasteiger partial charge on any atom is 0.114 e. The zero-order valence-electron chi connectivity index (χ0n) is 8.95. The molecule has 86 valence electrons. The summed E-state index contributed by atoms with van der Waals surface area (Å²) in [6, 6.07) is 0. The minimum Gasteiger partial charge on any atom is -0.516 e. The number of aliphatic hydroxyl groups excluding tert-OH is 3. The Hall–Kier alpha value is -2.00. The van der Waals surface area contributed by atoms with Crippen LogP contribution in [0.2, 0.25) is 0 Å². The molecule has 0 aliphatic heterocycles. The molecular formula is C13H16O3. The van der Waals surface area contributed by atoms with E-state index in [2.05, 4.69) is 13.2 Å². The van der Waals surface area contributed by atoms with Gasteiger partial charge in [0.2, 0.25) is 0 Å². The number of aliphatic hydroxyl groups is 3. The molecule has 3 heteroatoms. The fourth-order valence-electron chi connectivity index (χ4n) is 0.880. The predicted octanol–water partition coefficient (Wildman–Crippen LogP) is 2.72. The van der Waals surface area contributed by atoms with Gasteiger partial charge in [-0.25, -0.2) is 0 Å². The van der Waals surface area contributed by atoms with Crippen LogP contribution in [0.1, 0.15) is 0 Å². The van der Waals surface area contributed by atoms with Crippen molar-refractivity contribution in [2.24, 2.45) is 0 Å². The van der Waals surface area contributed by atoms with E-state index in [-0.39, 0.29) is 5.76 Å².